The number of hydrogen-bond donors (Lipinski definition) is 0. The van der Waals surface area contributed by atoms with Gasteiger partial charge >= 0.3 is 0 Å². The van der Waals surface area contributed by atoms with Crippen LogP contribution in [0.25, 0.3) is 0 Å². The predicted molar refractivity (Wildman–Crippen MR) is 79.7 cm³/mol. The van der Waals surface area contributed by atoms with Gasteiger partial charge in [-0.25, -0.2) is 0 Å². The van der Waals surface area contributed by atoms with Gasteiger partial charge in [0.1, 0.15) is 0 Å². The van der Waals surface area contributed by atoms with Gasteiger partial charge in [-0.2, -0.15) is 0 Å². The van der Waals surface area contributed by atoms with Gasteiger partial charge in [0, 0.05) is 23.1 Å². The molecule has 1 nitrogen and oxygen atoms in total. The third kappa shape index (κ3) is 4.18. The zero-order valence-corrected chi connectivity index (χ0v) is 12.6. The number of rotatable bonds is 4. The quantitative estimate of drug-likeness (QED) is 0.594. The van der Waals surface area contributed by atoms with E-state index < -0.39 is 0 Å². The summed E-state index contributed by atoms with van der Waals surface area (Å²) in [6.45, 7) is 2.12. The summed E-state index contributed by atoms with van der Waals surface area (Å²) in [5.74, 6) is 1.82. The smallest absolute Gasteiger partial charge is 0.0588 e. The molecule has 100 valence electrons. The Hall–Kier alpha value is -0.180. The molecule has 0 saturated heterocycles. The van der Waals surface area contributed by atoms with Crippen molar-refractivity contribution < 1.29 is 4.74 Å². The second kappa shape index (κ2) is 6.83. The first-order valence-corrected chi connectivity index (χ1v) is 7.96. The molecule has 1 aliphatic rings. The lowest BCUT2D eigenvalue weighted by Crippen LogP contribution is -2.29. The van der Waals surface area contributed by atoms with Crippen molar-refractivity contribution in [2.24, 2.45) is 5.92 Å². The summed E-state index contributed by atoms with van der Waals surface area (Å²) >= 11 is 8.23. The van der Waals surface area contributed by atoms with Crippen molar-refractivity contribution in [3.05, 3.63) is 29.8 Å². The number of ether oxygens (including phenoxy) is 1. The van der Waals surface area contributed by atoms with E-state index in [0.717, 1.165) is 25.0 Å². The zero-order chi connectivity index (χ0) is 13.0. The largest absolute Gasteiger partial charge is 0.381 e. The van der Waals surface area contributed by atoms with Crippen molar-refractivity contribution in [1.29, 1.82) is 0 Å². The zero-order valence-electron chi connectivity index (χ0n) is 11.1. The van der Waals surface area contributed by atoms with Gasteiger partial charge in [0.2, 0.25) is 0 Å². The molecule has 0 spiro atoms. The van der Waals surface area contributed by atoms with E-state index in [4.69, 9.17) is 16.3 Å². The highest BCUT2D eigenvalue weighted by Gasteiger charge is 2.27. The van der Waals surface area contributed by atoms with Crippen molar-refractivity contribution in [1.82, 2.24) is 0 Å². The van der Waals surface area contributed by atoms with Gasteiger partial charge < -0.3 is 4.74 Å². The standard InChI is InChI=1S/C15H21ClOS/c1-11-3-5-15(6-4-11)18-10-12-7-13(16)9-14(8-12)17-2/h3-6,12-14H,7-10H2,1-2H3/t12-,13+,14+/m1/s1. The Morgan fingerprint density at radius 2 is 1.94 bits per heavy atom. The van der Waals surface area contributed by atoms with Crippen LogP contribution >= 0.6 is 23.4 Å². The van der Waals surface area contributed by atoms with Crippen LogP contribution in [0.3, 0.4) is 0 Å². The number of halogens is 1. The lowest BCUT2D eigenvalue weighted by atomic mass is 9.88. The second-order valence-electron chi connectivity index (χ2n) is 5.15. The first-order chi connectivity index (χ1) is 8.67. The lowest BCUT2D eigenvalue weighted by molar-refractivity contribution is 0.0566. The van der Waals surface area contributed by atoms with Crippen LogP contribution in [0, 0.1) is 12.8 Å². The monoisotopic (exact) mass is 284 g/mol. The maximum absolute atomic E-state index is 6.30. The first kappa shape index (κ1) is 14.2. The SMILES string of the molecule is CO[C@@H]1C[C@@H](Cl)C[C@@H](CSc2ccc(C)cc2)C1. The van der Waals surface area contributed by atoms with Gasteiger partial charge in [-0.05, 0) is 44.2 Å². The number of methoxy groups -OCH3 is 1. The number of aryl methyl sites for hydroxylation is 1. The normalized spacial score (nSPS) is 28.3. The van der Waals surface area contributed by atoms with Crippen molar-refractivity contribution in [3.63, 3.8) is 0 Å². The van der Waals surface area contributed by atoms with Gasteiger partial charge in [0.25, 0.3) is 0 Å². The maximum atomic E-state index is 6.30. The fourth-order valence-electron chi connectivity index (χ4n) is 2.48. The maximum Gasteiger partial charge on any atom is 0.0588 e. The molecule has 2 rings (SSSR count). The molecule has 0 unspecified atom stereocenters. The summed E-state index contributed by atoms with van der Waals surface area (Å²) in [6, 6.07) is 8.75. The Balaban J connectivity index is 1.84. The molecule has 1 aliphatic carbocycles. The highest BCUT2D eigenvalue weighted by atomic mass is 35.5. The molecule has 1 saturated carbocycles. The van der Waals surface area contributed by atoms with Crippen LogP contribution in [-0.4, -0.2) is 24.3 Å². The highest BCUT2D eigenvalue weighted by molar-refractivity contribution is 7.99. The van der Waals surface area contributed by atoms with E-state index in [1.807, 2.05) is 11.8 Å². The minimum atomic E-state index is 0.285. The summed E-state index contributed by atoms with van der Waals surface area (Å²) in [5.41, 5.74) is 1.32. The third-order valence-corrected chi connectivity index (χ3v) is 5.14. The second-order valence-corrected chi connectivity index (χ2v) is 6.86. The minimum absolute atomic E-state index is 0.285. The Morgan fingerprint density at radius 1 is 1.22 bits per heavy atom. The number of alkyl halides is 1. The van der Waals surface area contributed by atoms with E-state index >= 15 is 0 Å². The van der Waals surface area contributed by atoms with Crippen LogP contribution in [0.4, 0.5) is 0 Å². The van der Waals surface area contributed by atoms with E-state index in [0.29, 0.717) is 12.0 Å². The molecule has 1 aromatic carbocycles. The summed E-state index contributed by atoms with van der Waals surface area (Å²) in [6.07, 6.45) is 3.63. The van der Waals surface area contributed by atoms with E-state index in [2.05, 4.69) is 31.2 Å². The predicted octanol–water partition coefficient (Wildman–Crippen LogP) is 4.51. The summed E-state index contributed by atoms with van der Waals surface area (Å²) in [7, 11) is 1.80. The minimum Gasteiger partial charge on any atom is -0.381 e. The first-order valence-electron chi connectivity index (χ1n) is 6.53. The molecule has 0 bridgehead atoms. The molecule has 0 aliphatic heterocycles. The average Bonchev–Trinajstić information content (AvgIpc) is 2.37. The van der Waals surface area contributed by atoms with Crippen molar-refractivity contribution in [3.8, 4) is 0 Å². The van der Waals surface area contributed by atoms with Crippen molar-refractivity contribution in [2.45, 2.75) is 42.6 Å². The van der Waals surface area contributed by atoms with Gasteiger partial charge in [-0.1, -0.05) is 17.7 Å². The van der Waals surface area contributed by atoms with Crippen LogP contribution in [0.2, 0.25) is 0 Å². The topological polar surface area (TPSA) is 9.23 Å². The number of thioether (sulfide) groups is 1. The Labute approximate surface area is 119 Å². The molecule has 1 fully saturated rings. The van der Waals surface area contributed by atoms with Gasteiger partial charge in [0.05, 0.1) is 6.10 Å². The van der Waals surface area contributed by atoms with E-state index in [1.54, 1.807) is 7.11 Å². The molecule has 0 aromatic heterocycles. The van der Waals surface area contributed by atoms with E-state index in [1.165, 1.54) is 10.5 Å². The Bertz CT molecular complexity index is 365. The summed E-state index contributed by atoms with van der Waals surface area (Å²) < 4.78 is 5.47. The van der Waals surface area contributed by atoms with Gasteiger partial charge in [-0.3, -0.25) is 0 Å². The molecule has 0 N–H and O–H groups in total. The highest BCUT2D eigenvalue weighted by Crippen LogP contribution is 2.33. The number of benzene rings is 1. The van der Waals surface area contributed by atoms with Crippen LogP contribution in [0.5, 0.6) is 0 Å². The average molecular weight is 285 g/mol. The van der Waals surface area contributed by atoms with Crippen molar-refractivity contribution >= 4 is 23.4 Å². The van der Waals surface area contributed by atoms with Crippen molar-refractivity contribution in [2.75, 3.05) is 12.9 Å². The molecular formula is C15H21ClOS. The van der Waals surface area contributed by atoms with E-state index in [9.17, 15) is 0 Å². The molecule has 18 heavy (non-hydrogen) atoms. The van der Waals surface area contributed by atoms with Crippen LogP contribution < -0.4 is 0 Å². The third-order valence-electron chi connectivity index (χ3n) is 3.54. The summed E-state index contributed by atoms with van der Waals surface area (Å²) in [4.78, 5) is 1.35. The molecule has 3 heteroatoms. The Kier molecular flexibility index (Phi) is 5.40. The number of hydrogen-bond acceptors (Lipinski definition) is 2. The van der Waals surface area contributed by atoms with E-state index in [-0.39, 0.29) is 5.38 Å². The fourth-order valence-corrected chi connectivity index (χ4v) is 3.96. The molecule has 0 heterocycles. The molecule has 3 atom stereocenters. The molecule has 0 radical (unpaired) electrons. The fraction of sp³-hybridized carbons (Fsp3) is 0.600. The van der Waals surface area contributed by atoms with Crippen LogP contribution in [0.15, 0.2) is 29.2 Å². The Morgan fingerprint density at radius 3 is 2.61 bits per heavy atom. The van der Waals surface area contributed by atoms with Crippen LogP contribution in [0.1, 0.15) is 24.8 Å². The molecule has 0 amide bonds. The van der Waals surface area contributed by atoms with Gasteiger partial charge in [0.15, 0.2) is 0 Å². The van der Waals surface area contributed by atoms with Crippen LogP contribution in [-0.2, 0) is 4.74 Å². The molecule has 1 aromatic rings. The summed E-state index contributed by atoms with van der Waals surface area (Å²) in [5, 5.41) is 0.285. The molecular weight excluding hydrogens is 264 g/mol. The van der Waals surface area contributed by atoms with Gasteiger partial charge in [-0.15, -0.1) is 23.4 Å². The lowest BCUT2D eigenvalue weighted by Gasteiger charge is -2.31.